The summed E-state index contributed by atoms with van der Waals surface area (Å²) >= 11 is 6.27. The van der Waals surface area contributed by atoms with Crippen molar-refractivity contribution in [1.29, 1.82) is 0 Å². The van der Waals surface area contributed by atoms with Gasteiger partial charge in [-0.3, -0.25) is 5.01 Å². The Balaban J connectivity index is 1.51. The zero-order chi connectivity index (χ0) is 18.8. The molecule has 8 heteroatoms. The van der Waals surface area contributed by atoms with Crippen molar-refractivity contribution < 1.29 is 18.6 Å². The molecule has 1 saturated heterocycles. The second-order valence-corrected chi connectivity index (χ2v) is 7.06. The molecule has 2 aromatic rings. The first-order valence-corrected chi connectivity index (χ1v) is 9.07. The van der Waals surface area contributed by atoms with E-state index < -0.39 is 0 Å². The molecule has 4 rings (SSSR count). The predicted octanol–water partition coefficient (Wildman–Crippen LogP) is 4.37. The van der Waals surface area contributed by atoms with Gasteiger partial charge in [-0.2, -0.15) is 0 Å². The van der Waals surface area contributed by atoms with Crippen LogP contribution in [0.2, 0.25) is 5.02 Å². The SMILES string of the molecule is O=NN1CC[C@@H](c2ccc(F)cc2)[C@H](COc2cc3c(cc2Cl)OCO3)C1. The minimum Gasteiger partial charge on any atom is -0.491 e. The lowest BCUT2D eigenvalue weighted by atomic mass is 9.81. The third-order valence-corrected chi connectivity index (χ3v) is 5.30. The quantitative estimate of drug-likeness (QED) is 0.707. The number of nitroso groups, excluding NO2 is 1. The lowest BCUT2D eigenvalue weighted by molar-refractivity contribution is 0.112. The van der Waals surface area contributed by atoms with Crippen LogP contribution >= 0.6 is 11.6 Å². The summed E-state index contributed by atoms with van der Waals surface area (Å²) in [7, 11) is 0. The van der Waals surface area contributed by atoms with Crippen molar-refractivity contribution >= 4 is 11.6 Å². The van der Waals surface area contributed by atoms with E-state index in [1.807, 2.05) is 0 Å². The molecule has 0 spiro atoms. The average molecular weight is 393 g/mol. The molecule has 0 amide bonds. The average Bonchev–Trinajstić information content (AvgIpc) is 3.13. The van der Waals surface area contributed by atoms with Crippen LogP contribution in [0.15, 0.2) is 41.7 Å². The summed E-state index contributed by atoms with van der Waals surface area (Å²) in [6.45, 7) is 1.53. The van der Waals surface area contributed by atoms with Gasteiger partial charge in [0.25, 0.3) is 0 Å². The zero-order valence-corrected chi connectivity index (χ0v) is 15.2. The number of benzene rings is 2. The summed E-state index contributed by atoms with van der Waals surface area (Å²) in [5.41, 5.74) is 1.02. The Kier molecular flexibility index (Phi) is 5.03. The molecular formula is C19H18ClFN2O4. The van der Waals surface area contributed by atoms with Gasteiger partial charge in [-0.25, -0.2) is 4.39 Å². The lowest BCUT2D eigenvalue weighted by Gasteiger charge is -2.35. The van der Waals surface area contributed by atoms with Gasteiger partial charge in [0, 0.05) is 31.1 Å². The number of ether oxygens (including phenoxy) is 3. The van der Waals surface area contributed by atoms with Crippen LogP contribution in [0.3, 0.4) is 0 Å². The molecule has 0 saturated carbocycles. The minimum absolute atomic E-state index is 0.00315. The van der Waals surface area contributed by atoms with Crippen molar-refractivity contribution in [3.05, 3.63) is 57.7 Å². The number of fused-ring (bicyclic) bond motifs is 1. The fourth-order valence-corrected chi connectivity index (χ4v) is 3.82. The fourth-order valence-electron chi connectivity index (χ4n) is 3.61. The van der Waals surface area contributed by atoms with E-state index in [0.29, 0.717) is 42.0 Å². The normalized spacial score (nSPS) is 21.2. The third kappa shape index (κ3) is 3.78. The summed E-state index contributed by atoms with van der Waals surface area (Å²) in [5.74, 6) is 1.54. The van der Waals surface area contributed by atoms with Gasteiger partial charge < -0.3 is 14.2 Å². The monoisotopic (exact) mass is 392 g/mol. The van der Waals surface area contributed by atoms with Gasteiger partial charge in [0.2, 0.25) is 6.79 Å². The van der Waals surface area contributed by atoms with E-state index in [4.69, 9.17) is 25.8 Å². The van der Waals surface area contributed by atoms with E-state index in [1.54, 1.807) is 24.3 Å². The van der Waals surface area contributed by atoms with Crippen molar-refractivity contribution in [2.75, 3.05) is 26.5 Å². The van der Waals surface area contributed by atoms with Gasteiger partial charge in [-0.15, -0.1) is 4.91 Å². The number of piperidine rings is 1. The van der Waals surface area contributed by atoms with Gasteiger partial charge >= 0.3 is 0 Å². The maximum atomic E-state index is 13.3. The van der Waals surface area contributed by atoms with Crippen LogP contribution in [-0.2, 0) is 0 Å². The van der Waals surface area contributed by atoms with E-state index in [-0.39, 0.29) is 24.4 Å². The Hall–Kier alpha value is -2.54. The molecule has 0 aliphatic carbocycles. The van der Waals surface area contributed by atoms with E-state index in [1.165, 1.54) is 17.1 Å². The molecule has 142 valence electrons. The smallest absolute Gasteiger partial charge is 0.231 e. The molecule has 2 aliphatic rings. The van der Waals surface area contributed by atoms with Gasteiger partial charge in [0.1, 0.15) is 11.6 Å². The number of nitrogens with zero attached hydrogens (tertiary/aromatic N) is 2. The highest BCUT2D eigenvalue weighted by Gasteiger charge is 2.31. The molecule has 6 nitrogen and oxygen atoms in total. The van der Waals surface area contributed by atoms with Crippen LogP contribution in [0.5, 0.6) is 17.2 Å². The summed E-state index contributed by atoms with van der Waals surface area (Å²) in [6.07, 6.45) is 0.736. The molecule has 2 aromatic carbocycles. The van der Waals surface area contributed by atoms with Crippen molar-refractivity contribution in [1.82, 2.24) is 5.01 Å². The van der Waals surface area contributed by atoms with Crippen molar-refractivity contribution in [3.8, 4) is 17.2 Å². The van der Waals surface area contributed by atoms with Gasteiger partial charge in [0.15, 0.2) is 11.5 Å². The van der Waals surface area contributed by atoms with Crippen LogP contribution < -0.4 is 14.2 Å². The zero-order valence-electron chi connectivity index (χ0n) is 14.4. The molecule has 1 fully saturated rings. The standard InChI is InChI=1S/C19H18ClFN2O4/c20-16-7-18-19(27-11-26-18)8-17(16)25-10-13-9-23(22-24)6-5-15(13)12-1-3-14(21)4-2-12/h1-4,7-8,13,15H,5-6,9-11H2/t13-,15-/m0/s1. The highest BCUT2D eigenvalue weighted by Crippen LogP contribution is 2.41. The summed E-state index contributed by atoms with van der Waals surface area (Å²) in [4.78, 5) is 11.0. The number of hydrogen-bond donors (Lipinski definition) is 0. The first-order chi connectivity index (χ1) is 13.1. The van der Waals surface area contributed by atoms with Crippen LogP contribution in [0, 0.1) is 16.6 Å². The van der Waals surface area contributed by atoms with Gasteiger partial charge in [-0.1, -0.05) is 23.7 Å². The second-order valence-electron chi connectivity index (χ2n) is 6.65. The Morgan fingerprint density at radius 2 is 1.96 bits per heavy atom. The Labute approximate surface area is 160 Å². The van der Waals surface area contributed by atoms with Gasteiger partial charge in [-0.05, 0) is 30.0 Å². The topological polar surface area (TPSA) is 60.4 Å². The minimum atomic E-state index is -0.273. The first kappa shape index (κ1) is 17.9. The molecule has 2 aliphatic heterocycles. The molecule has 2 atom stereocenters. The molecule has 0 N–H and O–H groups in total. The van der Waals surface area contributed by atoms with Crippen LogP contribution in [0.1, 0.15) is 17.9 Å². The molecule has 27 heavy (non-hydrogen) atoms. The maximum absolute atomic E-state index is 13.3. The van der Waals surface area contributed by atoms with Crippen molar-refractivity contribution in [2.24, 2.45) is 11.2 Å². The highest BCUT2D eigenvalue weighted by atomic mass is 35.5. The van der Waals surface area contributed by atoms with E-state index >= 15 is 0 Å². The van der Waals surface area contributed by atoms with Crippen LogP contribution in [-0.4, -0.2) is 31.5 Å². The summed E-state index contributed by atoms with van der Waals surface area (Å²) in [5, 5.41) is 4.99. The highest BCUT2D eigenvalue weighted by molar-refractivity contribution is 6.32. The largest absolute Gasteiger partial charge is 0.491 e. The second kappa shape index (κ2) is 7.60. The van der Waals surface area contributed by atoms with E-state index in [0.717, 1.165) is 12.0 Å². The number of rotatable bonds is 5. The Bertz CT molecular complexity index is 833. The third-order valence-electron chi connectivity index (χ3n) is 5.01. The molecule has 0 bridgehead atoms. The predicted molar refractivity (Wildman–Crippen MR) is 97.7 cm³/mol. The molecule has 2 heterocycles. The molecule has 0 aromatic heterocycles. The Morgan fingerprint density at radius 3 is 2.70 bits per heavy atom. The number of halogens is 2. The van der Waals surface area contributed by atoms with Crippen LogP contribution in [0.25, 0.3) is 0 Å². The van der Waals surface area contributed by atoms with Crippen molar-refractivity contribution in [3.63, 3.8) is 0 Å². The molecule has 0 radical (unpaired) electrons. The molecular weight excluding hydrogens is 375 g/mol. The van der Waals surface area contributed by atoms with E-state index in [9.17, 15) is 9.30 Å². The summed E-state index contributed by atoms with van der Waals surface area (Å²) < 4.78 is 29.9. The van der Waals surface area contributed by atoms with E-state index in [2.05, 4.69) is 5.29 Å². The summed E-state index contributed by atoms with van der Waals surface area (Å²) in [6, 6.07) is 9.83. The number of hydrogen-bond acceptors (Lipinski definition) is 5. The van der Waals surface area contributed by atoms with Crippen LogP contribution in [0.4, 0.5) is 4.39 Å². The Morgan fingerprint density at radius 1 is 1.22 bits per heavy atom. The lowest BCUT2D eigenvalue weighted by Crippen LogP contribution is -2.39. The first-order valence-electron chi connectivity index (χ1n) is 8.69. The van der Waals surface area contributed by atoms with Gasteiger partial charge in [0.05, 0.1) is 16.9 Å². The fraction of sp³-hybridized carbons (Fsp3) is 0.368. The maximum Gasteiger partial charge on any atom is 0.231 e. The van der Waals surface area contributed by atoms with Crippen molar-refractivity contribution in [2.45, 2.75) is 12.3 Å². The molecule has 0 unspecified atom stereocenters.